The lowest BCUT2D eigenvalue weighted by molar-refractivity contribution is -0.121. The maximum absolute atomic E-state index is 10.7. The summed E-state index contributed by atoms with van der Waals surface area (Å²) in [4.78, 5) is 10.7. The van der Waals surface area contributed by atoms with Gasteiger partial charge >= 0.3 is 0 Å². The van der Waals surface area contributed by atoms with E-state index < -0.39 is 0 Å². The van der Waals surface area contributed by atoms with E-state index in [2.05, 4.69) is 10.5 Å². The Morgan fingerprint density at radius 2 is 2.54 bits per heavy atom. The minimum Gasteiger partial charge on any atom is -0.294 e. The van der Waals surface area contributed by atoms with E-state index in [0.717, 1.165) is 18.7 Å². The van der Waals surface area contributed by atoms with Crippen molar-refractivity contribution in [1.29, 1.82) is 0 Å². The van der Waals surface area contributed by atoms with Crippen molar-refractivity contribution in [2.45, 2.75) is 26.3 Å². The quantitative estimate of drug-likeness (QED) is 0.390. The Labute approximate surface area is 76.9 Å². The van der Waals surface area contributed by atoms with Crippen molar-refractivity contribution < 1.29 is 4.79 Å². The molecule has 0 aliphatic heterocycles. The average Bonchev–Trinajstić information content (AvgIpc) is 2.51. The summed E-state index contributed by atoms with van der Waals surface area (Å²) in [7, 11) is 0. The van der Waals surface area contributed by atoms with Crippen LogP contribution in [-0.2, 0) is 11.3 Å². The molecule has 0 saturated heterocycles. The summed E-state index contributed by atoms with van der Waals surface area (Å²) < 4.78 is 1.82. The number of carbonyl (C=O) groups excluding carboxylic acids is 1. The van der Waals surface area contributed by atoms with Crippen LogP contribution in [0.25, 0.3) is 0 Å². The Morgan fingerprint density at radius 1 is 1.77 bits per heavy atom. The Kier molecular flexibility index (Phi) is 3.45. The smallest absolute Gasteiger partial charge is 0.233 e. The molecule has 0 aliphatic carbocycles. The molecule has 1 rings (SSSR count). The molecule has 1 amide bonds. The number of nitrogens with one attached hydrogen (secondary N) is 1. The Balaban J connectivity index is 2.24. The number of hydrogen-bond donors (Lipinski definition) is 2. The van der Waals surface area contributed by atoms with Crippen LogP contribution in [0.5, 0.6) is 0 Å². The number of nitrogens with two attached hydrogens (primary N) is 1. The second-order valence-electron chi connectivity index (χ2n) is 2.89. The maximum Gasteiger partial charge on any atom is 0.233 e. The van der Waals surface area contributed by atoms with Crippen molar-refractivity contribution in [1.82, 2.24) is 15.2 Å². The first-order valence-electron chi connectivity index (χ1n) is 4.22. The molecule has 1 aromatic rings. The summed E-state index contributed by atoms with van der Waals surface area (Å²) >= 11 is 0. The predicted octanol–water partition coefficient (Wildman–Crippen LogP) is -0.0384. The van der Waals surface area contributed by atoms with E-state index in [4.69, 9.17) is 5.84 Å². The summed E-state index contributed by atoms with van der Waals surface area (Å²) in [5.74, 6) is 4.80. The van der Waals surface area contributed by atoms with E-state index in [1.165, 1.54) is 0 Å². The molecule has 72 valence electrons. The van der Waals surface area contributed by atoms with Crippen LogP contribution in [0, 0.1) is 6.92 Å². The molecule has 0 fully saturated rings. The minimum absolute atomic E-state index is 0.135. The summed E-state index contributed by atoms with van der Waals surface area (Å²) in [6, 6.07) is 1.93. The normalized spacial score (nSPS) is 10.0. The number of aromatic nitrogens is 2. The van der Waals surface area contributed by atoms with Gasteiger partial charge in [0.25, 0.3) is 0 Å². The molecule has 13 heavy (non-hydrogen) atoms. The van der Waals surface area contributed by atoms with Gasteiger partial charge in [0.1, 0.15) is 0 Å². The summed E-state index contributed by atoms with van der Waals surface area (Å²) in [6.45, 7) is 2.68. The van der Waals surface area contributed by atoms with Crippen LogP contribution >= 0.6 is 0 Å². The third-order valence-corrected chi connectivity index (χ3v) is 1.73. The predicted molar refractivity (Wildman–Crippen MR) is 48.5 cm³/mol. The van der Waals surface area contributed by atoms with Crippen molar-refractivity contribution in [2.24, 2.45) is 5.84 Å². The molecule has 0 aliphatic rings. The number of nitrogens with zero attached hydrogens (tertiary/aromatic N) is 2. The van der Waals surface area contributed by atoms with Gasteiger partial charge in [0.05, 0.1) is 5.69 Å². The summed E-state index contributed by atoms with van der Waals surface area (Å²) in [5, 5.41) is 4.19. The lowest BCUT2D eigenvalue weighted by Crippen LogP contribution is -2.29. The van der Waals surface area contributed by atoms with Gasteiger partial charge in [-0.25, -0.2) is 5.84 Å². The number of carbonyl (C=O) groups is 1. The van der Waals surface area contributed by atoms with Gasteiger partial charge in [-0.05, 0) is 19.4 Å². The fraction of sp³-hybridized carbons (Fsp3) is 0.500. The van der Waals surface area contributed by atoms with Crippen LogP contribution in [0.1, 0.15) is 18.5 Å². The SMILES string of the molecule is Cc1ccn(CCCC(=O)NN)n1. The first kappa shape index (κ1) is 9.73. The number of hydrazine groups is 1. The van der Waals surface area contributed by atoms with Gasteiger partial charge in [0.2, 0.25) is 5.91 Å². The first-order chi connectivity index (χ1) is 6.22. The lowest BCUT2D eigenvalue weighted by atomic mass is 10.3. The Bertz CT molecular complexity index is 281. The molecular weight excluding hydrogens is 168 g/mol. The van der Waals surface area contributed by atoms with Gasteiger partial charge in [-0.1, -0.05) is 0 Å². The standard InChI is InChI=1S/C8H14N4O/c1-7-4-6-12(11-7)5-2-3-8(13)10-9/h4,6H,2-3,5,9H2,1H3,(H,10,13). The topological polar surface area (TPSA) is 72.9 Å². The van der Waals surface area contributed by atoms with Crippen LogP contribution in [-0.4, -0.2) is 15.7 Å². The molecule has 0 atom stereocenters. The Hall–Kier alpha value is -1.36. The molecular formula is C8H14N4O. The van der Waals surface area contributed by atoms with E-state index in [1.807, 2.05) is 23.9 Å². The largest absolute Gasteiger partial charge is 0.294 e. The molecule has 5 nitrogen and oxygen atoms in total. The van der Waals surface area contributed by atoms with Crippen molar-refractivity contribution in [3.63, 3.8) is 0 Å². The zero-order valence-corrected chi connectivity index (χ0v) is 7.66. The van der Waals surface area contributed by atoms with Crippen molar-refractivity contribution in [3.8, 4) is 0 Å². The molecule has 0 spiro atoms. The van der Waals surface area contributed by atoms with Crippen LogP contribution in [0.15, 0.2) is 12.3 Å². The van der Waals surface area contributed by atoms with E-state index in [0.29, 0.717) is 6.42 Å². The third-order valence-electron chi connectivity index (χ3n) is 1.73. The van der Waals surface area contributed by atoms with Crippen molar-refractivity contribution in [3.05, 3.63) is 18.0 Å². The molecule has 0 radical (unpaired) electrons. The highest BCUT2D eigenvalue weighted by atomic mass is 16.2. The monoisotopic (exact) mass is 182 g/mol. The van der Waals surface area contributed by atoms with E-state index in [9.17, 15) is 4.79 Å². The highest BCUT2D eigenvalue weighted by Crippen LogP contribution is 1.96. The highest BCUT2D eigenvalue weighted by molar-refractivity contribution is 5.74. The van der Waals surface area contributed by atoms with Gasteiger partial charge in [-0.3, -0.25) is 14.9 Å². The average molecular weight is 182 g/mol. The van der Waals surface area contributed by atoms with E-state index in [1.54, 1.807) is 0 Å². The number of rotatable bonds is 4. The molecule has 1 aromatic heterocycles. The summed E-state index contributed by atoms with van der Waals surface area (Å²) in [6.07, 6.45) is 3.09. The van der Waals surface area contributed by atoms with E-state index >= 15 is 0 Å². The van der Waals surface area contributed by atoms with Gasteiger partial charge in [-0.2, -0.15) is 5.10 Å². The van der Waals surface area contributed by atoms with Crippen LogP contribution in [0.4, 0.5) is 0 Å². The van der Waals surface area contributed by atoms with Crippen LogP contribution in [0.2, 0.25) is 0 Å². The maximum atomic E-state index is 10.7. The van der Waals surface area contributed by atoms with Gasteiger partial charge < -0.3 is 0 Å². The van der Waals surface area contributed by atoms with Gasteiger partial charge in [0, 0.05) is 19.2 Å². The first-order valence-corrected chi connectivity index (χ1v) is 4.22. The fourth-order valence-corrected chi connectivity index (χ4v) is 1.06. The molecule has 0 aromatic carbocycles. The summed E-state index contributed by atoms with van der Waals surface area (Å²) in [5.41, 5.74) is 3.08. The second kappa shape index (κ2) is 4.61. The molecule has 5 heteroatoms. The highest BCUT2D eigenvalue weighted by Gasteiger charge is 1.98. The second-order valence-corrected chi connectivity index (χ2v) is 2.89. The molecule has 0 unspecified atom stereocenters. The molecule has 0 saturated carbocycles. The minimum atomic E-state index is -0.135. The van der Waals surface area contributed by atoms with Gasteiger partial charge in [-0.15, -0.1) is 0 Å². The molecule has 3 N–H and O–H groups in total. The zero-order chi connectivity index (χ0) is 9.68. The van der Waals surface area contributed by atoms with Crippen molar-refractivity contribution >= 4 is 5.91 Å². The number of aryl methyl sites for hydroxylation is 2. The molecule has 0 bridgehead atoms. The van der Waals surface area contributed by atoms with Gasteiger partial charge in [0.15, 0.2) is 0 Å². The van der Waals surface area contributed by atoms with E-state index in [-0.39, 0.29) is 5.91 Å². The third kappa shape index (κ3) is 3.25. The molecule has 1 heterocycles. The fourth-order valence-electron chi connectivity index (χ4n) is 1.06. The van der Waals surface area contributed by atoms with Crippen LogP contribution < -0.4 is 11.3 Å². The van der Waals surface area contributed by atoms with Crippen LogP contribution in [0.3, 0.4) is 0 Å². The zero-order valence-electron chi connectivity index (χ0n) is 7.66. The van der Waals surface area contributed by atoms with Crippen molar-refractivity contribution in [2.75, 3.05) is 0 Å². The Morgan fingerprint density at radius 3 is 3.08 bits per heavy atom. The number of amides is 1. The number of hydrogen-bond acceptors (Lipinski definition) is 3. The lowest BCUT2D eigenvalue weighted by Gasteiger charge is -2.00.